The third-order valence-electron chi connectivity index (χ3n) is 2.36. The van der Waals surface area contributed by atoms with Crippen LogP contribution in [0.4, 0.5) is 5.82 Å². The zero-order chi connectivity index (χ0) is 12.1. The molecule has 17 heavy (non-hydrogen) atoms. The Balaban J connectivity index is 2.17. The highest BCUT2D eigenvalue weighted by atomic mass is 15.3. The lowest BCUT2D eigenvalue weighted by molar-refractivity contribution is 0.663. The molecule has 2 heterocycles. The predicted octanol–water partition coefficient (Wildman–Crippen LogP) is 1.58. The van der Waals surface area contributed by atoms with Gasteiger partial charge < -0.3 is 5.32 Å². The molecule has 2 rings (SSSR count). The molecular formula is C11H16N6. The maximum absolute atomic E-state index is 4.18. The molecule has 0 amide bonds. The van der Waals surface area contributed by atoms with Gasteiger partial charge in [-0.25, -0.2) is 9.67 Å². The second kappa shape index (κ2) is 5.38. The van der Waals surface area contributed by atoms with Crippen molar-refractivity contribution in [2.75, 3.05) is 11.9 Å². The Morgan fingerprint density at radius 1 is 1.24 bits per heavy atom. The molecule has 6 nitrogen and oxygen atoms in total. The van der Waals surface area contributed by atoms with Gasteiger partial charge in [-0.15, -0.1) is 10.2 Å². The highest BCUT2D eigenvalue weighted by Gasteiger charge is 2.07. The average Bonchev–Trinajstić information content (AvgIpc) is 2.85. The summed E-state index contributed by atoms with van der Waals surface area (Å²) in [7, 11) is 0. The van der Waals surface area contributed by atoms with Gasteiger partial charge in [0.2, 0.25) is 0 Å². The van der Waals surface area contributed by atoms with Gasteiger partial charge >= 0.3 is 0 Å². The van der Waals surface area contributed by atoms with Crippen molar-refractivity contribution in [3.63, 3.8) is 0 Å². The molecule has 0 aliphatic heterocycles. The summed E-state index contributed by atoms with van der Waals surface area (Å²) in [6.07, 6.45) is 2.59. The van der Waals surface area contributed by atoms with Crippen LogP contribution in [0.2, 0.25) is 0 Å². The van der Waals surface area contributed by atoms with Crippen molar-refractivity contribution in [3.8, 4) is 11.5 Å². The third-order valence-corrected chi connectivity index (χ3v) is 2.36. The van der Waals surface area contributed by atoms with Crippen molar-refractivity contribution >= 4 is 5.82 Å². The van der Waals surface area contributed by atoms with Gasteiger partial charge in [-0.3, -0.25) is 0 Å². The summed E-state index contributed by atoms with van der Waals surface area (Å²) in [4.78, 5) is 4.18. The van der Waals surface area contributed by atoms with Gasteiger partial charge in [-0.2, -0.15) is 5.10 Å². The van der Waals surface area contributed by atoms with Gasteiger partial charge in [-0.05, 0) is 25.5 Å². The summed E-state index contributed by atoms with van der Waals surface area (Å²) in [6.45, 7) is 5.80. The van der Waals surface area contributed by atoms with Crippen LogP contribution in [0.5, 0.6) is 0 Å². The van der Waals surface area contributed by atoms with Crippen molar-refractivity contribution in [2.24, 2.45) is 0 Å². The number of hydrogen-bond donors (Lipinski definition) is 1. The van der Waals surface area contributed by atoms with E-state index in [1.807, 2.05) is 19.1 Å². The Labute approximate surface area is 100 Å². The first-order valence-corrected chi connectivity index (χ1v) is 5.81. The molecule has 6 heteroatoms. The summed E-state index contributed by atoms with van der Waals surface area (Å²) >= 11 is 0. The van der Waals surface area contributed by atoms with Crippen molar-refractivity contribution in [3.05, 3.63) is 18.5 Å². The van der Waals surface area contributed by atoms with Crippen LogP contribution in [-0.4, -0.2) is 31.5 Å². The normalized spacial score (nSPS) is 10.5. The molecule has 0 saturated carbocycles. The van der Waals surface area contributed by atoms with E-state index in [9.17, 15) is 0 Å². The van der Waals surface area contributed by atoms with E-state index in [0.717, 1.165) is 36.8 Å². The number of hydrogen-bond acceptors (Lipinski definition) is 5. The maximum atomic E-state index is 4.18. The molecule has 0 fully saturated rings. The van der Waals surface area contributed by atoms with E-state index in [0.29, 0.717) is 0 Å². The minimum atomic E-state index is 0.742. The Hall–Kier alpha value is -1.98. The first-order chi connectivity index (χ1) is 8.35. The Morgan fingerprint density at radius 3 is 2.76 bits per heavy atom. The lowest BCUT2D eigenvalue weighted by Crippen LogP contribution is -2.05. The zero-order valence-electron chi connectivity index (χ0n) is 10.1. The van der Waals surface area contributed by atoms with E-state index < -0.39 is 0 Å². The fraction of sp³-hybridized carbons (Fsp3) is 0.455. The van der Waals surface area contributed by atoms with Crippen LogP contribution in [0.3, 0.4) is 0 Å². The highest BCUT2D eigenvalue weighted by Crippen LogP contribution is 2.13. The third kappa shape index (κ3) is 2.58. The smallest absolute Gasteiger partial charge is 0.178 e. The number of nitrogens with zero attached hydrogens (tertiary/aromatic N) is 5. The molecule has 0 saturated heterocycles. The minimum Gasteiger partial charge on any atom is -0.369 e. The zero-order valence-corrected chi connectivity index (χ0v) is 10.1. The van der Waals surface area contributed by atoms with Gasteiger partial charge in [0.1, 0.15) is 17.8 Å². The summed E-state index contributed by atoms with van der Waals surface area (Å²) < 4.78 is 1.79. The molecule has 0 radical (unpaired) electrons. The van der Waals surface area contributed by atoms with Crippen molar-refractivity contribution in [1.29, 1.82) is 0 Å². The van der Waals surface area contributed by atoms with Gasteiger partial charge in [-0.1, -0.05) is 6.92 Å². The minimum absolute atomic E-state index is 0.742. The van der Waals surface area contributed by atoms with Crippen LogP contribution >= 0.6 is 0 Å². The van der Waals surface area contributed by atoms with E-state index in [1.165, 1.54) is 6.33 Å². The van der Waals surface area contributed by atoms with Crippen LogP contribution in [0.1, 0.15) is 20.3 Å². The lowest BCUT2D eigenvalue weighted by Gasteiger charge is -2.04. The largest absolute Gasteiger partial charge is 0.369 e. The SMILES string of the molecule is CCCNc1ccc(-c2ncnn2CC)nn1. The Bertz CT molecular complexity index is 461. The van der Waals surface area contributed by atoms with Gasteiger partial charge in [0.05, 0.1) is 0 Å². The fourth-order valence-corrected chi connectivity index (χ4v) is 1.49. The van der Waals surface area contributed by atoms with Crippen molar-refractivity contribution in [2.45, 2.75) is 26.8 Å². The van der Waals surface area contributed by atoms with Crippen LogP contribution < -0.4 is 5.32 Å². The first-order valence-electron chi connectivity index (χ1n) is 5.81. The van der Waals surface area contributed by atoms with E-state index in [1.54, 1.807) is 4.68 Å². The quantitative estimate of drug-likeness (QED) is 0.847. The van der Waals surface area contributed by atoms with Crippen LogP contribution in [0.15, 0.2) is 18.5 Å². The average molecular weight is 232 g/mol. The molecule has 0 bridgehead atoms. The fourth-order valence-electron chi connectivity index (χ4n) is 1.49. The number of rotatable bonds is 5. The van der Waals surface area contributed by atoms with Crippen molar-refractivity contribution in [1.82, 2.24) is 25.0 Å². The molecule has 0 aliphatic carbocycles. The molecule has 0 aliphatic rings. The molecule has 2 aromatic rings. The molecule has 0 spiro atoms. The standard InChI is InChI=1S/C11H16N6/c1-3-7-12-10-6-5-9(15-16-10)11-13-8-14-17(11)4-2/h5-6,8H,3-4,7H2,1-2H3,(H,12,16). The number of nitrogens with one attached hydrogen (secondary N) is 1. The lowest BCUT2D eigenvalue weighted by atomic mass is 10.3. The maximum Gasteiger partial charge on any atom is 0.178 e. The molecule has 0 atom stereocenters. The Morgan fingerprint density at radius 2 is 2.12 bits per heavy atom. The van der Waals surface area contributed by atoms with E-state index in [2.05, 4.69) is 32.5 Å². The molecule has 0 aromatic carbocycles. The summed E-state index contributed by atoms with van der Waals surface area (Å²) in [5, 5.41) is 15.5. The monoisotopic (exact) mass is 232 g/mol. The van der Waals surface area contributed by atoms with Gasteiger partial charge in [0, 0.05) is 13.1 Å². The summed E-state index contributed by atoms with van der Waals surface area (Å²) in [5.74, 6) is 1.54. The first kappa shape index (κ1) is 11.5. The van der Waals surface area contributed by atoms with Crippen LogP contribution in [-0.2, 0) is 6.54 Å². The van der Waals surface area contributed by atoms with Crippen LogP contribution in [0.25, 0.3) is 11.5 Å². The Kier molecular flexibility index (Phi) is 3.64. The van der Waals surface area contributed by atoms with Crippen LogP contribution in [0, 0.1) is 0 Å². The molecule has 2 aromatic heterocycles. The topological polar surface area (TPSA) is 68.5 Å². The van der Waals surface area contributed by atoms with E-state index in [4.69, 9.17) is 0 Å². The number of aryl methyl sites for hydroxylation is 1. The molecular weight excluding hydrogens is 216 g/mol. The summed E-state index contributed by atoms with van der Waals surface area (Å²) in [5.41, 5.74) is 0.742. The highest BCUT2D eigenvalue weighted by molar-refractivity contribution is 5.50. The van der Waals surface area contributed by atoms with Gasteiger partial charge in [0.25, 0.3) is 0 Å². The summed E-state index contributed by atoms with van der Waals surface area (Å²) in [6, 6.07) is 3.81. The second-order valence-corrected chi connectivity index (χ2v) is 3.63. The van der Waals surface area contributed by atoms with E-state index >= 15 is 0 Å². The van der Waals surface area contributed by atoms with Gasteiger partial charge in [0.15, 0.2) is 5.82 Å². The second-order valence-electron chi connectivity index (χ2n) is 3.63. The molecule has 1 N–H and O–H groups in total. The molecule has 90 valence electrons. The number of anilines is 1. The van der Waals surface area contributed by atoms with E-state index in [-0.39, 0.29) is 0 Å². The predicted molar refractivity (Wildman–Crippen MR) is 65.5 cm³/mol. The number of aromatic nitrogens is 5. The molecule has 0 unspecified atom stereocenters. The van der Waals surface area contributed by atoms with Crippen molar-refractivity contribution < 1.29 is 0 Å².